The molecule has 0 saturated carbocycles. The maximum atomic E-state index is 5.46. The van der Waals surface area contributed by atoms with E-state index in [0.717, 1.165) is 12.2 Å². The van der Waals surface area contributed by atoms with Crippen LogP contribution in [0.3, 0.4) is 0 Å². The van der Waals surface area contributed by atoms with E-state index in [2.05, 4.69) is 48.3 Å². The summed E-state index contributed by atoms with van der Waals surface area (Å²) in [5.74, 6) is 1.04. The minimum atomic E-state index is 0.883. The number of allylic oxidation sites excluding steroid dienone is 4. The van der Waals surface area contributed by atoms with Crippen molar-refractivity contribution >= 4 is 22.6 Å². The zero-order valence-electron chi connectivity index (χ0n) is 11.1. The molecule has 4 rings (SSSR count). The van der Waals surface area contributed by atoms with Gasteiger partial charge in [0.15, 0.2) is 0 Å². The van der Waals surface area contributed by atoms with E-state index < -0.39 is 0 Å². The summed E-state index contributed by atoms with van der Waals surface area (Å²) in [5, 5.41) is 3.90. The third-order valence-corrected chi connectivity index (χ3v) is 4.07. The highest BCUT2D eigenvalue weighted by Gasteiger charge is 2.21. The number of hydrogen-bond acceptors (Lipinski definition) is 1. The van der Waals surface area contributed by atoms with Crippen molar-refractivity contribution < 1.29 is 4.74 Å². The number of aromatic nitrogens is 1. The number of ether oxygens (including phenoxy) is 1. The molecule has 0 atom stereocenters. The molecule has 2 aromatic rings. The Labute approximate surface area is 111 Å². The van der Waals surface area contributed by atoms with Crippen molar-refractivity contribution in [1.82, 2.24) is 4.98 Å². The van der Waals surface area contributed by atoms with Crippen LogP contribution >= 0.6 is 0 Å². The molecule has 0 fully saturated rings. The molecule has 0 radical (unpaired) electrons. The predicted octanol–water partition coefficient (Wildman–Crippen LogP) is 2.36. The number of benzene rings is 1. The lowest BCUT2D eigenvalue weighted by Crippen LogP contribution is -2.21. The zero-order chi connectivity index (χ0) is 13.0. The fraction of sp³-hybridized carbons (Fsp3) is 0.176. The standard InChI is InChI=1S/C17H15NO/c1-10-7-11(19-2)8-14-13(10)9-16-17(14)12-5-3-4-6-15(12)18-16/h3-7,9,18H,8H2,1-2H3. The van der Waals surface area contributed by atoms with E-state index in [1.54, 1.807) is 7.11 Å². The van der Waals surface area contributed by atoms with Crippen molar-refractivity contribution in [1.29, 1.82) is 0 Å². The van der Waals surface area contributed by atoms with Gasteiger partial charge >= 0.3 is 0 Å². The van der Waals surface area contributed by atoms with Crippen LogP contribution in [0.1, 0.15) is 13.3 Å². The van der Waals surface area contributed by atoms with Gasteiger partial charge in [0.25, 0.3) is 0 Å². The number of para-hydroxylation sites is 1. The lowest BCUT2D eigenvalue weighted by Gasteiger charge is -2.16. The van der Waals surface area contributed by atoms with E-state index in [1.165, 1.54) is 38.2 Å². The van der Waals surface area contributed by atoms with Gasteiger partial charge in [0.1, 0.15) is 5.76 Å². The van der Waals surface area contributed by atoms with Crippen LogP contribution < -0.4 is 10.6 Å². The molecule has 0 aliphatic heterocycles. The number of H-pyrrole nitrogens is 1. The minimum Gasteiger partial charge on any atom is -0.501 e. The second-order valence-corrected chi connectivity index (χ2v) is 5.17. The van der Waals surface area contributed by atoms with Crippen LogP contribution in [0.5, 0.6) is 0 Å². The summed E-state index contributed by atoms with van der Waals surface area (Å²) < 4.78 is 5.46. The first-order chi connectivity index (χ1) is 9.28. The molecule has 0 amide bonds. The van der Waals surface area contributed by atoms with Crippen molar-refractivity contribution in [2.24, 2.45) is 0 Å². The number of rotatable bonds is 1. The molecule has 94 valence electrons. The third kappa shape index (κ3) is 1.37. The topological polar surface area (TPSA) is 25.0 Å². The second kappa shape index (κ2) is 3.64. The largest absolute Gasteiger partial charge is 0.501 e. The Morgan fingerprint density at radius 3 is 2.84 bits per heavy atom. The van der Waals surface area contributed by atoms with Crippen molar-refractivity contribution in [2.45, 2.75) is 13.3 Å². The monoisotopic (exact) mass is 249 g/mol. The Balaban J connectivity index is 2.13. The number of methoxy groups -OCH3 is 1. The van der Waals surface area contributed by atoms with Crippen LogP contribution in [-0.4, -0.2) is 12.1 Å². The van der Waals surface area contributed by atoms with Gasteiger partial charge in [-0.2, -0.15) is 0 Å². The van der Waals surface area contributed by atoms with Gasteiger partial charge in [-0.05, 0) is 41.9 Å². The molecule has 2 aliphatic carbocycles. The smallest absolute Gasteiger partial charge is 0.100 e. The SMILES string of the molecule is COC1=CC(C)=C2C=c3[nH]c4ccccc4c3=C2C1. The molecule has 1 heterocycles. The van der Waals surface area contributed by atoms with Crippen molar-refractivity contribution in [3.8, 4) is 0 Å². The highest BCUT2D eigenvalue weighted by atomic mass is 16.5. The summed E-state index contributed by atoms with van der Waals surface area (Å²) in [6, 6.07) is 8.49. The van der Waals surface area contributed by atoms with Crippen LogP contribution in [0, 0.1) is 0 Å². The summed E-state index contributed by atoms with van der Waals surface area (Å²) >= 11 is 0. The molecule has 1 N–H and O–H groups in total. The first-order valence-corrected chi connectivity index (χ1v) is 6.55. The lowest BCUT2D eigenvalue weighted by molar-refractivity contribution is 0.285. The fourth-order valence-corrected chi connectivity index (χ4v) is 3.17. The molecule has 2 nitrogen and oxygen atoms in total. The molecule has 19 heavy (non-hydrogen) atoms. The van der Waals surface area contributed by atoms with Crippen molar-refractivity contribution in [3.63, 3.8) is 0 Å². The van der Waals surface area contributed by atoms with Crippen LogP contribution in [0.15, 0.2) is 47.2 Å². The van der Waals surface area contributed by atoms with E-state index in [4.69, 9.17) is 4.74 Å². The molecule has 2 aliphatic rings. The third-order valence-electron chi connectivity index (χ3n) is 4.07. The van der Waals surface area contributed by atoms with Gasteiger partial charge < -0.3 is 9.72 Å². The maximum absolute atomic E-state index is 5.46. The number of aromatic amines is 1. The first-order valence-electron chi connectivity index (χ1n) is 6.55. The van der Waals surface area contributed by atoms with Gasteiger partial charge in [-0.1, -0.05) is 18.2 Å². The summed E-state index contributed by atoms with van der Waals surface area (Å²) in [6.07, 6.45) is 5.29. The van der Waals surface area contributed by atoms with Gasteiger partial charge in [0.2, 0.25) is 0 Å². The van der Waals surface area contributed by atoms with Gasteiger partial charge in [0, 0.05) is 27.9 Å². The highest BCUT2D eigenvalue weighted by molar-refractivity contribution is 5.93. The fourth-order valence-electron chi connectivity index (χ4n) is 3.17. The molecule has 1 aromatic carbocycles. The normalized spacial score (nSPS) is 17.2. The average molecular weight is 249 g/mol. The molecule has 2 heteroatoms. The number of hydrogen-bond donors (Lipinski definition) is 1. The predicted molar refractivity (Wildman–Crippen MR) is 77.8 cm³/mol. The van der Waals surface area contributed by atoms with Crippen LogP contribution in [0.25, 0.3) is 22.6 Å². The van der Waals surface area contributed by atoms with Gasteiger partial charge in [-0.3, -0.25) is 0 Å². The maximum Gasteiger partial charge on any atom is 0.100 e. The van der Waals surface area contributed by atoms with Gasteiger partial charge in [-0.15, -0.1) is 0 Å². The summed E-state index contributed by atoms with van der Waals surface area (Å²) in [5.41, 5.74) is 5.24. The van der Waals surface area contributed by atoms with E-state index in [-0.39, 0.29) is 0 Å². The Bertz CT molecular complexity index is 878. The average Bonchev–Trinajstić information content (AvgIpc) is 2.95. The molecule has 0 unspecified atom stereocenters. The molecular formula is C17H15NO. The summed E-state index contributed by atoms with van der Waals surface area (Å²) in [7, 11) is 1.75. The Hall–Kier alpha value is -2.22. The molecule has 0 saturated heterocycles. The van der Waals surface area contributed by atoms with Crippen LogP contribution in [0.4, 0.5) is 0 Å². The van der Waals surface area contributed by atoms with Crippen LogP contribution in [-0.2, 0) is 4.74 Å². The summed E-state index contributed by atoms with van der Waals surface area (Å²) in [4.78, 5) is 3.51. The molecular weight excluding hydrogens is 234 g/mol. The van der Waals surface area contributed by atoms with E-state index in [1.807, 2.05) is 0 Å². The number of nitrogens with one attached hydrogen (secondary N) is 1. The van der Waals surface area contributed by atoms with Gasteiger partial charge in [0.05, 0.1) is 7.11 Å². The lowest BCUT2D eigenvalue weighted by atomic mass is 9.93. The summed E-state index contributed by atoms with van der Waals surface area (Å²) in [6.45, 7) is 2.15. The van der Waals surface area contributed by atoms with Crippen molar-refractivity contribution in [3.05, 3.63) is 57.8 Å². The van der Waals surface area contributed by atoms with E-state index >= 15 is 0 Å². The minimum absolute atomic E-state index is 0.883. The van der Waals surface area contributed by atoms with Crippen molar-refractivity contribution in [2.75, 3.05) is 7.11 Å². The molecule has 0 spiro atoms. The van der Waals surface area contributed by atoms with E-state index in [9.17, 15) is 0 Å². The second-order valence-electron chi connectivity index (χ2n) is 5.17. The molecule has 0 bridgehead atoms. The molecule has 1 aromatic heterocycles. The van der Waals surface area contributed by atoms with Gasteiger partial charge in [-0.25, -0.2) is 0 Å². The highest BCUT2D eigenvalue weighted by Crippen LogP contribution is 2.32. The van der Waals surface area contributed by atoms with Crippen LogP contribution in [0.2, 0.25) is 0 Å². The first kappa shape index (κ1) is 10.7. The Morgan fingerprint density at radius 1 is 1.16 bits per heavy atom. The quantitative estimate of drug-likeness (QED) is 0.824. The Morgan fingerprint density at radius 2 is 2.00 bits per heavy atom. The zero-order valence-corrected chi connectivity index (χ0v) is 11.1. The van der Waals surface area contributed by atoms with E-state index in [0.29, 0.717) is 0 Å². The Kier molecular flexibility index (Phi) is 2.05. The number of fused-ring (bicyclic) bond motifs is 4.